The highest BCUT2D eigenvalue weighted by Crippen LogP contribution is 2.65. The van der Waals surface area contributed by atoms with Crippen LogP contribution in [-0.4, -0.2) is 36.2 Å². The largest absolute Gasteiger partial charge is 0.393 e. The molecule has 1 aromatic carbocycles. The molecular formula is C42H60N2O4. The average molecular weight is 657 g/mol. The number of hydrogen-bond acceptors (Lipinski definition) is 4. The number of ether oxygens (including phenoxy) is 2. The van der Waals surface area contributed by atoms with E-state index in [1.165, 1.54) is 18.4 Å². The lowest BCUT2D eigenvalue weighted by atomic mass is 9.52. The molecule has 1 saturated heterocycles. The van der Waals surface area contributed by atoms with Crippen LogP contribution < -0.4 is 10.6 Å². The van der Waals surface area contributed by atoms with Crippen molar-refractivity contribution < 1.29 is 19.4 Å². The number of amides is 2. The van der Waals surface area contributed by atoms with E-state index < -0.39 is 5.79 Å². The van der Waals surface area contributed by atoms with Crippen molar-refractivity contribution in [3.63, 3.8) is 0 Å². The zero-order chi connectivity index (χ0) is 34.1. The van der Waals surface area contributed by atoms with Crippen LogP contribution >= 0.6 is 0 Å². The van der Waals surface area contributed by atoms with Gasteiger partial charge in [-0.25, -0.2) is 4.79 Å². The van der Waals surface area contributed by atoms with Crippen LogP contribution in [0.1, 0.15) is 123 Å². The highest BCUT2D eigenvalue weighted by Gasteiger charge is 2.58. The van der Waals surface area contributed by atoms with Crippen molar-refractivity contribution in [3.05, 3.63) is 70.5 Å². The number of aliphatic hydroxyl groups excluding tert-OH is 1. The van der Waals surface area contributed by atoms with E-state index in [4.69, 9.17) is 9.47 Å². The molecule has 3 saturated carbocycles. The summed E-state index contributed by atoms with van der Waals surface area (Å²) in [4.78, 5) is 12.8. The Kier molecular flexibility index (Phi) is 8.60. The first-order valence-corrected chi connectivity index (χ1v) is 18.8. The molecule has 4 fully saturated rings. The molecule has 0 bridgehead atoms. The number of rotatable bonds is 4. The van der Waals surface area contributed by atoms with Crippen LogP contribution in [0.4, 0.5) is 4.79 Å². The van der Waals surface area contributed by atoms with Gasteiger partial charge in [0.2, 0.25) is 0 Å². The van der Waals surface area contributed by atoms with Crippen LogP contribution in [-0.2, 0) is 16.0 Å². The lowest BCUT2D eigenvalue weighted by Gasteiger charge is -2.55. The fourth-order valence-electron chi connectivity index (χ4n) is 10.1. The molecule has 3 N–H and O–H groups in total. The Morgan fingerprint density at radius 1 is 0.979 bits per heavy atom. The molecule has 1 heterocycles. The zero-order valence-electron chi connectivity index (χ0n) is 30.6. The number of carbonyl (C=O) groups excluding carboxylic acids is 1. The topological polar surface area (TPSA) is 79.8 Å². The molecule has 6 heteroatoms. The number of hydrogen-bond donors (Lipinski definition) is 3. The standard InChI is InChI=1S/C42H60N2O4/c1-38(2,3)40(6)19-16-30(17-20-40)44-37(46)43-24-27-8-10-28(11-9-27)33-23-41(7)34(14-15-35(41)45)32-13-12-29-22-42(21-18-31(29)36(32)33)47-25-39(4,5)26-48-42/h8-11,16-17,19,29,32-35,45H,12-15,18,20-26H2,1-7H3,(H2,43,44,46). The maximum Gasteiger partial charge on any atom is 0.319 e. The molecule has 1 spiro atoms. The number of urea groups is 1. The van der Waals surface area contributed by atoms with Gasteiger partial charge < -0.3 is 25.2 Å². The van der Waals surface area contributed by atoms with Crippen LogP contribution in [0.15, 0.2) is 59.3 Å². The van der Waals surface area contributed by atoms with Crippen LogP contribution in [0.5, 0.6) is 0 Å². The number of allylic oxidation sites excluding steroid dienone is 5. The van der Waals surface area contributed by atoms with Crippen molar-refractivity contribution in [2.24, 2.45) is 39.4 Å². The van der Waals surface area contributed by atoms with E-state index in [1.807, 2.05) is 6.08 Å². The molecular weight excluding hydrogens is 596 g/mol. The fourth-order valence-corrected chi connectivity index (χ4v) is 10.1. The summed E-state index contributed by atoms with van der Waals surface area (Å²) in [5, 5.41) is 17.4. The Balaban J connectivity index is 1.06. The minimum absolute atomic E-state index is 0.0474. The number of fused-ring (bicyclic) bond motifs is 4. The third kappa shape index (κ3) is 6.13. The summed E-state index contributed by atoms with van der Waals surface area (Å²) in [6, 6.07) is 8.77. The lowest BCUT2D eigenvalue weighted by Crippen LogP contribution is -2.52. The predicted octanol–water partition coefficient (Wildman–Crippen LogP) is 8.92. The van der Waals surface area contributed by atoms with Gasteiger partial charge in [0, 0.05) is 36.4 Å². The predicted molar refractivity (Wildman–Crippen MR) is 191 cm³/mol. The van der Waals surface area contributed by atoms with Crippen LogP contribution in [0.3, 0.4) is 0 Å². The van der Waals surface area contributed by atoms with Gasteiger partial charge in [0.25, 0.3) is 0 Å². The molecule has 262 valence electrons. The van der Waals surface area contributed by atoms with E-state index in [2.05, 4.69) is 95.5 Å². The van der Waals surface area contributed by atoms with Gasteiger partial charge in [-0.15, -0.1) is 0 Å². The van der Waals surface area contributed by atoms with Gasteiger partial charge in [-0.05, 0) is 96.1 Å². The van der Waals surface area contributed by atoms with Gasteiger partial charge >= 0.3 is 6.03 Å². The normalized spacial score (nSPS) is 36.9. The molecule has 6 aliphatic rings. The Morgan fingerprint density at radius 2 is 1.71 bits per heavy atom. The Labute approximate surface area is 289 Å². The second-order valence-corrected chi connectivity index (χ2v) is 18.6. The lowest BCUT2D eigenvalue weighted by molar-refractivity contribution is -0.312. The summed E-state index contributed by atoms with van der Waals surface area (Å²) in [5.41, 5.74) is 6.93. The van der Waals surface area contributed by atoms with Gasteiger partial charge in [0.1, 0.15) is 0 Å². The summed E-state index contributed by atoms with van der Waals surface area (Å²) in [6.45, 7) is 17.9. The molecule has 1 aliphatic heterocycles. The van der Waals surface area contributed by atoms with E-state index >= 15 is 0 Å². The molecule has 6 nitrogen and oxygen atoms in total. The maximum atomic E-state index is 12.8. The Hall–Kier alpha value is -2.41. The van der Waals surface area contributed by atoms with E-state index in [1.54, 1.807) is 11.1 Å². The zero-order valence-corrected chi connectivity index (χ0v) is 30.6. The van der Waals surface area contributed by atoms with Crippen LogP contribution in [0.25, 0.3) is 0 Å². The number of nitrogens with one attached hydrogen (secondary N) is 2. The molecule has 1 aromatic rings. The molecule has 48 heavy (non-hydrogen) atoms. The van der Waals surface area contributed by atoms with E-state index in [0.29, 0.717) is 30.2 Å². The van der Waals surface area contributed by atoms with Gasteiger partial charge in [-0.2, -0.15) is 0 Å². The molecule has 0 aromatic heterocycles. The second-order valence-electron chi connectivity index (χ2n) is 18.6. The van der Waals surface area contributed by atoms with Gasteiger partial charge in [-0.1, -0.05) is 96.0 Å². The maximum absolute atomic E-state index is 12.8. The highest BCUT2D eigenvalue weighted by molar-refractivity contribution is 5.76. The Morgan fingerprint density at radius 3 is 2.38 bits per heavy atom. The van der Waals surface area contributed by atoms with Gasteiger partial charge in [0.15, 0.2) is 5.79 Å². The monoisotopic (exact) mass is 656 g/mol. The number of benzene rings is 1. The Bertz CT molecular complexity index is 1490. The SMILES string of the molecule is CC1(C)COC2(CCC3=C4C(c5ccc(CNC(=O)NC6=CCC(C)(C(C)(C)C)C=C6)cc5)CC5(C)C(O)CCC5C4CCC3C2)OC1. The summed E-state index contributed by atoms with van der Waals surface area (Å²) in [6.07, 6.45) is 15.5. The summed E-state index contributed by atoms with van der Waals surface area (Å²) < 4.78 is 13.0. The van der Waals surface area contributed by atoms with Crippen molar-refractivity contribution in [1.82, 2.24) is 10.6 Å². The van der Waals surface area contributed by atoms with Crippen molar-refractivity contribution in [1.29, 1.82) is 0 Å². The van der Waals surface area contributed by atoms with E-state index in [-0.39, 0.29) is 33.8 Å². The number of carbonyl (C=O) groups is 1. The first kappa shape index (κ1) is 34.1. The van der Waals surface area contributed by atoms with E-state index in [9.17, 15) is 9.90 Å². The summed E-state index contributed by atoms with van der Waals surface area (Å²) in [7, 11) is 0. The first-order valence-electron chi connectivity index (χ1n) is 18.8. The van der Waals surface area contributed by atoms with Crippen LogP contribution in [0, 0.1) is 39.4 Å². The van der Waals surface area contributed by atoms with Crippen LogP contribution in [0.2, 0.25) is 0 Å². The van der Waals surface area contributed by atoms with Crippen molar-refractivity contribution in [2.75, 3.05) is 13.2 Å². The van der Waals surface area contributed by atoms with Gasteiger partial charge in [-0.3, -0.25) is 0 Å². The highest BCUT2D eigenvalue weighted by atomic mass is 16.7. The van der Waals surface area contributed by atoms with Gasteiger partial charge in [0.05, 0.1) is 19.3 Å². The molecule has 7 rings (SSSR count). The minimum Gasteiger partial charge on any atom is -0.393 e. The average Bonchev–Trinajstić information content (AvgIpc) is 3.35. The summed E-state index contributed by atoms with van der Waals surface area (Å²) in [5.74, 6) is 1.52. The minimum atomic E-state index is -0.420. The molecule has 2 amide bonds. The third-order valence-electron chi connectivity index (χ3n) is 13.9. The fraction of sp³-hybridized carbons (Fsp3) is 0.690. The van der Waals surface area contributed by atoms with E-state index in [0.717, 1.165) is 69.4 Å². The first-order chi connectivity index (χ1) is 22.6. The smallest absolute Gasteiger partial charge is 0.319 e. The quantitative estimate of drug-likeness (QED) is 0.283. The second kappa shape index (κ2) is 12.1. The molecule has 7 atom stereocenters. The molecule has 0 radical (unpaired) electrons. The van der Waals surface area contributed by atoms with Crippen molar-refractivity contribution in [2.45, 2.75) is 131 Å². The third-order valence-corrected chi connectivity index (χ3v) is 13.9. The number of aliphatic hydroxyl groups is 1. The van der Waals surface area contributed by atoms with Crippen molar-refractivity contribution >= 4 is 6.03 Å². The molecule has 7 unspecified atom stereocenters. The summed E-state index contributed by atoms with van der Waals surface area (Å²) >= 11 is 0. The van der Waals surface area contributed by atoms with Crippen molar-refractivity contribution in [3.8, 4) is 0 Å². The molecule has 5 aliphatic carbocycles.